The Bertz CT molecular complexity index is 1590. The summed E-state index contributed by atoms with van der Waals surface area (Å²) in [7, 11) is 1.60. The highest BCUT2D eigenvalue weighted by molar-refractivity contribution is 5.88. The summed E-state index contributed by atoms with van der Waals surface area (Å²) in [5.74, 6) is 0.986. The van der Waals surface area contributed by atoms with E-state index in [2.05, 4.69) is 10.4 Å². The zero-order valence-corrected chi connectivity index (χ0v) is 20.3. The highest BCUT2D eigenvalue weighted by Crippen LogP contribution is 2.25. The number of amides is 1. The minimum Gasteiger partial charge on any atom is -0.497 e. The van der Waals surface area contributed by atoms with Gasteiger partial charge in [0.1, 0.15) is 22.7 Å². The number of carbonyl (C=O) groups is 1. The van der Waals surface area contributed by atoms with Crippen LogP contribution in [0.25, 0.3) is 22.4 Å². The van der Waals surface area contributed by atoms with Crippen molar-refractivity contribution in [3.63, 3.8) is 0 Å². The van der Waals surface area contributed by atoms with Gasteiger partial charge >= 0.3 is 0 Å². The van der Waals surface area contributed by atoms with E-state index >= 15 is 0 Å². The molecule has 0 spiro atoms. The lowest BCUT2D eigenvalue weighted by molar-refractivity contribution is -0.124. The molecule has 2 aromatic carbocycles. The molecule has 0 aliphatic carbocycles. The largest absolute Gasteiger partial charge is 0.497 e. The van der Waals surface area contributed by atoms with E-state index in [1.165, 1.54) is 4.68 Å². The van der Waals surface area contributed by atoms with Gasteiger partial charge in [0.2, 0.25) is 5.91 Å². The number of methoxy groups -OCH3 is 1. The fourth-order valence-electron chi connectivity index (χ4n) is 4.18. The van der Waals surface area contributed by atoms with Crippen molar-refractivity contribution in [2.75, 3.05) is 7.11 Å². The van der Waals surface area contributed by atoms with Crippen LogP contribution in [0.2, 0.25) is 0 Å². The van der Waals surface area contributed by atoms with Crippen LogP contribution in [-0.2, 0) is 11.3 Å². The molecule has 0 aliphatic heterocycles. The molecule has 1 amide bonds. The predicted octanol–water partition coefficient (Wildman–Crippen LogP) is 3.57. The molecule has 5 rings (SSSR count). The number of nitrogens with zero attached hydrogens (tertiary/aromatic N) is 5. The number of nitrogens with one attached hydrogen (secondary N) is 1. The van der Waals surface area contributed by atoms with E-state index in [0.29, 0.717) is 34.7 Å². The van der Waals surface area contributed by atoms with Crippen molar-refractivity contribution < 1.29 is 9.53 Å². The van der Waals surface area contributed by atoms with Crippen molar-refractivity contribution in [1.82, 2.24) is 29.4 Å². The van der Waals surface area contributed by atoms with Gasteiger partial charge in [0.05, 0.1) is 18.5 Å². The quantitative estimate of drug-likeness (QED) is 0.383. The highest BCUT2D eigenvalue weighted by Gasteiger charge is 2.25. The van der Waals surface area contributed by atoms with Crippen molar-refractivity contribution in [2.24, 2.45) is 0 Å². The van der Waals surface area contributed by atoms with E-state index in [0.717, 1.165) is 11.3 Å². The molecule has 0 fully saturated rings. The molecule has 9 nitrogen and oxygen atoms in total. The summed E-state index contributed by atoms with van der Waals surface area (Å²) in [5, 5.41) is 12.5. The monoisotopic (exact) mass is 482 g/mol. The maximum Gasteiger partial charge on any atom is 0.280 e. The van der Waals surface area contributed by atoms with Crippen LogP contribution in [0, 0.1) is 6.92 Å². The third kappa shape index (κ3) is 4.15. The Morgan fingerprint density at radius 1 is 1.03 bits per heavy atom. The van der Waals surface area contributed by atoms with Gasteiger partial charge in [-0.1, -0.05) is 30.3 Å². The molecule has 0 saturated heterocycles. The molecule has 9 heteroatoms. The van der Waals surface area contributed by atoms with E-state index < -0.39 is 6.04 Å². The van der Waals surface area contributed by atoms with Crippen LogP contribution in [0.5, 0.6) is 5.75 Å². The fraction of sp³-hybridized carbons (Fsp3) is 0.185. The van der Waals surface area contributed by atoms with E-state index in [9.17, 15) is 9.59 Å². The van der Waals surface area contributed by atoms with Gasteiger partial charge in [0, 0.05) is 18.9 Å². The first-order valence-electron chi connectivity index (χ1n) is 11.6. The second-order valence-corrected chi connectivity index (χ2v) is 8.47. The molecule has 0 unspecified atom stereocenters. The van der Waals surface area contributed by atoms with Crippen molar-refractivity contribution in [2.45, 2.75) is 26.4 Å². The Kier molecular flexibility index (Phi) is 6.12. The maximum atomic E-state index is 13.8. The molecule has 3 heterocycles. The van der Waals surface area contributed by atoms with Gasteiger partial charge in [-0.25, -0.2) is 9.36 Å². The molecular weight excluding hydrogens is 456 g/mol. The summed E-state index contributed by atoms with van der Waals surface area (Å²) in [5.41, 5.74) is 2.37. The molecule has 1 N–H and O–H groups in total. The standard InChI is InChI=1S/C27H26N6O3/c1-18-24-23(26(31-14-7-8-15-31)33(30-24)21-11-5-4-6-12-21)27(35)32(29-18)19(2)25(34)28-17-20-10-9-13-22(16-20)36-3/h4-16,19H,17H2,1-3H3,(H,28,34)/t19-/m1/s1. The summed E-state index contributed by atoms with van der Waals surface area (Å²) in [4.78, 5) is 26.8. The Labute approximate surface area is 207 Å². The summed E-state index contributed by atoms with van der Waals surface area (Å²) < 4.78 is 10.1. The van der Waals surface area contributed by atoms with Gasteiger partial charge in [0.15, 0.2) is 5.82 Å². The SMILES string of the molecule is COc1cccc(CNC(=O)[C@@H](C)n2nc(C)c3nn(-c4ccccc4)c(-n4cccc4)c3c2=O)c1. The lowest BCUT2D eigenvalue weighted by Crippen LogP contribution is -2.37. The number of carbonyl (C=O) groups excluding carboxylic acids is 1. The van der Waals surface area contributed by atoms with Gasteiger partial charge in [-0.3, -0.25) is 9.59 Å². The molecule has 0 radical (unpaired) electrons. The van der Waals surface area contributed by atoms with E-state index in [1.54, 1.807) is 25.6 Å². The fourth-order valence-corrected chi connectivity index (χ4v) is 4.18. The van der Waals surface area contributed by atoms with Gasteiger partial charge in [-0.05, 0) is 55.8 Å². The van der Waals surface area contributed by atoms with Crippen molar-refractivity contribution in [3.05, 3.63) is 101 Å². The topological polar surface area (TPSA) is 96.0 Å². The van der Waals surface area contributed by atoms with E-state index in [4.69, 9.17) is 9.84 Å². The molecular formula is C27H26N6O3. The third-order valence-electron chi connectivity index (χ3n) is 6.08. The first kappa shape index (κ1) is 23.1. The lowest BCUT2D eigenvalue weighted by atomic mass is 10.2. The number of benzene rings is 2. The van der Waals surface area contributed by atoms with Crippen LogP contribution in [-0.4, -0.2) is 37.1 Å². The number of hydrogen-bond donors (Lipinski definition) is 1. The Hall–Kier alpha value is -4.66. The number of ether oxygens (including phenoxy) is 1. The number of aryl methyl sites for hydroxylation is 1. The summed E-state index contributed by atoms with van der Waals surface area (Å²) >= 11 is 0. The van der Waals surface area contributed by atoms with Gasteiger partial charge in [-0.15, -0.1) is 0 Å². The molecule has 0 saturated carbocycles. The molecule has 182 valence electrons. The average Bonchev–Trinajstić information content (AvgIpc) is 3.58. The number of fused-ring (bicyclic) bond motifs is 1. The minimum absolute atomic E-state index is 0.302. The highest BCUT2D eigenvalue weighted by atomic mass is 16.5. The van der Waals surface area contributed by atoms with E-state index in [1.807, 2.05) is 83.7 Å². The molecule has 5 aromatic rings. The smallest absolute Gasteiger partial charge is 0.280 e. The number of aromatic nitrogens is 5. The second-order valence-electron chi connectivity index (χ2n) is 8.47. The number of para-hydroxylation sites is 1. The Morgan fingerprint density at radius 2 is 1.78 bits per heavy atom. The Balaban J connectivity index is 1.56. The lowest BCUT2D eigenvalue weighted by Gasteiger charge is -2.15. The van der Waals surface area contributed by atoms with Gasteiger partial charge < -0.3 is 14.6 Å². The molecule has 0 aliphatic rings. The first-order chi connectivity index (χ1) is 17.5. The number of rotatable bonds is 7. The van der Waals surface area contributed by atoms with Crippen LogP contribution < -0.4 is 15.6 Å². The zero-order valence-electron chi connectivity index (χ0n) is 20.3. The normalized spacial score (nSPS) is 12.0. The van der Waals surface area contributed by atoms with Gasteiger partial charge in [-0.2, -0.15) is 10.2 Å². The van der Waals surface area contributed by atoms with Crippen LogP contribution >= 0.6 is 0 Å². The minimum atomic E-state index is -0.830. The molecule has 3 aromatic heterocycles. The second kappa shape index (κ2) is 9.53. The van der Waals surface area contributed by atoms with Crippen molar-refractivity contribution >= 4 is 16.8 Å². The summed E-state index contributed by atoms with van der Waals surface area (Å²) in [6.45, 7) is 3.76. The third-order valence-corrected chi connectivity index (χ3v) is 6.08. The molecule has 36 heavy (non-hydrogen) atoms. The van der Waals surface area contributed by atoms with Crippen LogP contribution in [0.1, 0.15) is 24.2 Å². The first-order valence-corrected chi connectivity index (χ1v) is 11.6. The van der Waals surface area contributed by atoms with Crippen LogP contribution in [0.4, 0.5) is 0 Å². The molecule has 1 atom stereocenters. The summed E-state index contributed by atoms with van der Waals surface area (Å²) in [6.07, 6.45) is 3.72. The van der Waals surface area contributed by atoms with Crippen molar-refractivity contribution in [3.8, 4) is 17.3 Å². The van der Waals surface area contributed by atoms with Crippen LogP contribution in [0.3, 0.4) is 0 Å². The summed E-state index contributed by atoms with van der Waals surface area (Å²) in [6, 6.07) is 20.0. The van der Waals surface area contributed by atoms with Gasteiger partial charge in [0.25, 0.3) is 5.56 Å². The van der Waals surface area contributed by atoms with E-state index in [-0.39, 0.29) is 11.5 Å². The predicted molar refractivity (Wildman–Crippen MR) is 137 cm³/mol. The molecule has 0 bridgehead atoms. The average molecular weight is 483 g/mol. The number of hydrogen-bond acceptors (Lipinski definition) is 5. The Morgan fingerprint density at radius 3 is 2.50 bits per heavy atom. The zero-order chi connectivity index (χ0) is 25.2. The van der Waals surface area contributed by atoms with Crippen molar-refractivity contribution in [1.29, 1.82) is 0 Å². The maximum absolute atomic E-state index is 13.8. The van der Waals surface area contributed by atoms with Crippen LogP contribution in [0.15, 0.2) is 83.9 Å².